The first-order chi connectivity index (χ1) is 4.18. The minimum absolute atomic E-state index is 0. The zero-order valence-electron chi connectivity index (χ0n) is 7.31. The Labute approximate surface area is 63.5 Å². The highest BCUT2D eigenvalue weighted by molar-refractivity contribution is 4.73. The van der Waals surface area contributed by atoms with Crippen molar-refractivity contribution in [2.45, 2.75) is 32.8 Å². The van der Waals surface area contributed by atoms with Gasteiger partial charge in [-0.1, -0.05) is 6.92 Å². The molecular formula is C7H20N2O. The van der Waals surface area contributed by atoms with E-state index in [0.29, 0.717) is 6.54 Å². The van der Waals surface area contributed by atoms with Gasteiger partial charge < -0.3 is 16.6 Å². The van der Waals surface area contributed by atoms with Gasteiger partial charge >= 0.3 is 0 Å². The number of hydrogen-bond acceptors (Lipinski definition) is 3. The molecule has 3 nitrogen and oxygen atoms in total. The van der Waals surface area contributed by atoms with Gasteiger partial charge in [-0.05, 0) is 20.3 Å². The molecule has 3 heteroatoms. The van der Waals surface area contributed by atoms with Crippen LogP contribution in [0.5, 0.6) is 0 Å². The third-order valence-corrected chi connectivity index (χ3v) is 1.67. The molecule has 1 atom stereocenters. The Kier molecular flexibility index (Phi) is 7.09. The highest BCUT2D eigenvalue weighted by atomic mass is 16.5. The van der Waals surface area contributed by atoms with Crippen molar-refractivity contribution in [2.75, 3.05) is 13.2 Å². The monoisotopic (exact) mass is 148 g/mol. The third-order valence-electron chi connectivity index (χ3n) is 1.67. The zero-order valence-corrected chi connectivity index (χ0v) is 7.31. The van der Waals surface area contributed by atoms with Crippen LogP contribution >= 0.6 is 0 Å². The van der Waals surface area contributed by atoms with Gasteiger partial charge in [0.2, 0.25) is 0 Å². The molecule has 0 saturated carbocycles. The van der Waals surface area contributed by atoms with Crippen LogP contribution in [0.25, 0.3) is 0 Å². The third kappa shape index (κ3) is 3.82. The van der Waals surface area contributed by atoms with Crippen LogP contribution in [-0.2, 0) is 4.74 Å². The van der Waals surface area contributed by atoms with Crippen LogP contribution in [0.4, 0.5) is 0 Å². The second-order valence-electron chi connectivity index (χ2n) is 2.44. The summed E-state index contributed by atoms with van der Waals surface area (Å²) < 4.78 is 5.40. The molecule has 5 N–H and O–H groups in total. The lowest BCUT2D eigenvalue weighted by Gasteiger charge is -2.25. The molecule has 64 valence electrons. The molecule has 0 aliphatic carbocycles. The van der Waals surface area contributed by atoms with Gasteiger partial charge in [0.05, 0.1) is 5.60 Å². The molecule has 0 aromatic carbocycles. The van der Waals surface area contributed by atoms with Gasteiger partial charge in [0.15, 0.2) is 0 Å². The highest BCUT2D eigenvalue weighted by Crippen LogP contribution is 2.11. The second kappa shape index (κ2) is 5.65. The highest BCUT2D eigenvalue weighted by Gasteiger charge is 2.18. The van der Waals surface area contributed by atoms with E-state index >= 15 is 0 Å². The van der Waals surface area contributed by atoms with Crippen LogP contribution in [0.1, 0.15) is 27.2 Å². The molecule has 0 amide bonds. The minimum Gasteiger partial charge on any atom is -0.374 e. The average molecular weight is 148 g/mol. The molecule has 1 unspecified atom stereocenters. The Morgan fingerprint density at radius 3 is 2.00 bits per heavy atom. The topological polar surface area (TPSA) is 70.2 Å². The molecule has 0 bridgehead atoms. The van der Waals surface area contributed by atoms with E-state index in [1.54, 1.807) is 0 Å². The van der Waals surface area contributed by atoms with Crippen molar-refractivity contribution in [3.8, 4) is 0 Å². The predicted molar refractivity (Wildman–Crippen MR) is 44.4 cm³/mol. The van der Waals surface area contributed by atoms with E-state index in [4.69, 9.17) is 10.5 Å². The van der Waals surface area contributed by atoms with Gasteiger partial charge in [-0.2, -0.15) is 0 Å². The Morgan fingerprint density at radius 1 is 1.40 bits per heavy atom. The van der Waals surface area contributed by atoms with Gasteiger partial charge in [-0.25, -0.2) is 0 Å². The molecule has 0 heterocycles. The first-order valence-corrected chi connectivity index (χ1v) is 3.52. The average Bonchev–Trinajstić information content (AvgIpc) is 1.89. The summed E-state index contributed by atoms with van der Waals surface area (Å²) >= 11 is 0. The molecule has 10 heavy (non-hydrogen) atoms. The van der Waals surface area contributed by atoms with Gasteiger partial charge in [-0.15, -0.1) is 0 Å². The summed E-state index contributed by atoms with van der Waals surface area (Å²) in [6, 6.07) is 0. The summed E-state index contributed by atoms with van der Waals surface area (Å²) in [5.41, 5.74) is 5.39. The van der Waals surface area contributed by atoms with Gasteiger partial charge in [0.25, 0.3) is 0 Å². The first kappa shape index (κ1) is 12.5. The number of hydrogen-bond donors (Lipinski definition) is 2. The lowest BCUT2D eigenvalue weighted by atomic mass is 10.0. The zero-order chi connectivity index (χ0) is 7.33. The Morgan fingerprint density at radius 2 is 1.90 bits per heavy atom. The van der Waals surface area contributed by atoms with Crippen LogP contribution < -0.4 is 11.9 Å². The molecule has 0 radical (unpaired) electrons. The van der Waals surface area contributed by atoms with E-state index in [0.717, 1.165) is 13.0 Å². The van der Waals surface area contributed by atoms with Crippen LogP contribution in [0, 0.1) is 0 Å². The smallest absolute Gasteiger partial charge is 0.0773 e. The minimum atomic E-state index is -0.0885. The number of ether oxygens (including phenoxy) is 1. The Balaban J connectivity index is 0. The van der Waals surface area contributed by atoms with E-state index in [2.05, 4.69) is 6.92 Å². The van der Waals surface area contributed by atoms with E-state index in [9.17, 15) is 0 Å². The van der Waals surface area contributed by atoms with Crippen LogP contribution in [0.15, 0.2) is 0 Å². The Hall–Kier alpha value is -0.120. The van der Waals surface area contributed by atoms with Gasteiger partial charge in [-0.3, -0.25) is 0 Å². The van der Waals surface area contributed by atoms with Crippen molar-refractivity contribution in [1.29, 1.82) is 0 Å². The molecule has 0 aromatic heterocycles. The van der Waals surface area contributed by atoms with E-state index in [-0.39, 0.29) is 11.8 Å². The van der Waals surface area contributed by atoms with Crippen molar-refractivity contribution in [3.05, 3.63) is 0 Å². The number of rotatable bonds is 4. The molecule has 0 aliphatic rings. The van der Waals surface area contributed by atoms with Crippen molar-refractivity contribution in [3.63, 3.8) is 0 Å². The fourth-order valence-electron chi connectivity index (χ4n) is 0.654. The largest absolute Gasteiger partial charge is 0.374 e. The molecular weight excluding hydrogens is 128 g/mol. The van der Waals surface area contributed by atoms with E-state index < -0.39 is 0 Å². The maximum absolute atomic E-state index is 5.48. The van der Waals surface area contributed by atoms with Crippen molar-refractivity contribution in [1.82, 2.24) is 6.15 Å². The summed E-state index contributed by atoms with van der Waals surface area (Å²) in [6.45, 7) is 7.47. The summed E-state index contributed by atoms with van der Waals surface area (Å²) in [5, 5.41) is 0. The fourth-order valence-corrected chi connectivity index (χ4v) is 0.654. The molecule has 0 rings (SSSR count). The van der Waals surface area contributed by atoms with Crippen LogP contribution in [-0.4, -0.2) is 18.8 Å². The standard InChI is InChI=1S/C7H17NO.H3N/c1-4-7(3,6-8)9-5-2;/h4-6,8H2,1-3H3;1H3. The fraction of sp³-hybridized carbons (Fsp3) is 1.00. The maximum atomic E-state index is 5.48. The van der Waals surface area contributed by atoms with E-state index in [1.165, 1.54) is 0 Å². The van der Waals surface area contributed by atoms with Crippen LogP contribution in [0.3, 0.4) is 0 Å². The first-order valence-electron chi connectivity index (χ1n) is 3.52. The molecule has 0 fully saturated rings. The SMILES string of the molecule is CCOC(C)(CC)CN.N. The lowest BCUT2D eigenvalue weighted by Crippen LogP contribution is -2.36. The molecule has 0 aromatic rings. The quantitative estimate of drug-likeness (QED) is 0.631. The predicted octanol–water partition coefficient (Wildman–Crippen LogP) is 1.31. The number of nitrogens with two attached hydrogens (primary N) is 1. The Bertz CT molecular complexity index is 72.0. The van der Waals surface area contributed by atoms with E-state index in [1.807, 2.05) is 13.8 Å². The summed E-state index contributed by atoms with van der Waals surface area (Å²) in [5.74, 6) is 0. The van der Waals surface area contributed by atoms with Gasteiger partial charge in [0.1, 0.15) is 0 Å². The van der Waals surface area contributed by atoms with Crippen molar-refractivity contribution < 1.29 is 4.74 Å². The van der Waals surface area contributed by atoms with Gasteiger partial charge in [0, 0.05) is 13.2 Å². The normalized spacial score (nSPS) is 15.6. The van der Waals surface area contributed by atoms with Crippen molar-refractivity contribution >= 4 is 0 Å². The maximum Gasteiger partial charge on any atom is 0.0773 e. The lowest BCUT2D eigenvalue weighted by molar-refractivity contribution is -0.0201. The molecule has 0 spiro atoms. The summed E-state index contributed by atoms with van der Waals surface area (Å²) in [4.78, 5) is 0. The molecule has 0 aliphatic heterocycles. The summed E-state index contributed by atoms with van der Waals surface area (Å²) in [6.07, 6.45) is 0.983. The molecule has 0 saturated heterocycles. The van der Waals surface area contributed by atoms with Crippen LogP contribution in [0.2, 0.25) is 0 Å². The summed E-state index contributed by atoms with van der Waals surface area (Å²) in [7, 11) is 0. The second-order valence-corrected chi connectivity index (χ2v) is 2.44. The van der Waals surface area contributed by atoms with Crippen molar-refractivity contribution in [2.24, 2.45) is 5.73 Å².